The van der Waals surface area contributed by atoms with Gasteiger partial charge in [0, 0.05) is 30.2 Å². The minimum absolute atomic E-state index is 0.234. The van der Waals surface area contributed by atoms with E-state index >= 15 is 0 Å². The number of carbonyl (C=O) groups is 1. The summed E-state index contributed by atoms with van der Waals surface area (Å²) in [6.45, 7) is 6.93. The lowest BCUT2D eigenvalue weighted by atomic mass is 10.0. The van der Waals surface area contributed by atoms with Gasteiger partial charge in [0.25, 0.3) is 0 Å². The summed E-state index contributed by atoms with van der Waals surface area (Å²) in [6.07, 6.45) is 3.44. The van der Waals surface area contributed by atoms with E-state index in [1.54, 1.807) is 17.0 Å². The minimum Gasteiger partial charge on any atom is -0.444 e. The van der Waals surface area contributed by atoms with Crippen LogP contribution in [0.2, 0.25) is 0 Å². The number of amides is 1. The van der Waals surface area contributed by atoms with Crippen LogP contribution in [0.25, 0.3) is 22.0 Å². The molecule has 1 saturated heterocycles. The first-order valence-corrected chi connectivity index (χ1v) is 10.0. The Morgan fingerprint density at radius 3 is 2.55 bits per heavy atom. The molecule has 1 aromatic heterocycles. The van der Waals surface area contributed by atoms with E-state index in [4.69, 9.17) is 9.84 Å². The van der Waals surface area contributed by atoms with Gasteiger partial charge in [-0.15, -0.1) is 0 Å². The molecule has 0 unspecified atom stereocenters. The van der Waals surface area contributed by atoms with Crippen LogP contribution >= 0.6 is 0 Å². The molecule has 0 N–H and O–H groups in total. The second kappa shape index (κ2) is 7.50. The molecule has 0 saturated carbocycles. The van der Waals surface area contributed by atoms with Gasteiger partial charge in [0.15, 0.2) is 0 Å². The zero-order valence-corrected chi connectivity index (χ0v) is 17.1. The second-order valence-corrected chi connectivity index (χ2v) is 8.56. The standard InChI is InChI=1S/C23H26FN3O2/c1-23(2,3)29-22(28)26-12-10-18(11-13-26)27-15-17-9-8-16(14-21(17)25-27)19-6-4-5-7-20(19)24/h4-9,14-15,18H,10-13H2,1-3H3. The second-order valence-electron chi connectivity index (χ2n) is 8.56. The maximum absolute atomic E-state index is 14.1. The monoisotopic (exact) mass is 395 g/mol. The summed E-state index contributed by atoms with van der Waals surface area (Å²) in [5.74, 6) is -0.235. The highest BCUT2D eigenvalue weighted by molar-refractivity contribution is 5.84. The molecule has 6 heteroatoms. The number of benzene rings is 2. The summed E-state index contributed by atoms with van der Waals surface area (Å²) >= 11 is 0. The number of aromatic nitrogens is 2. The van der Waals surface area contributed by atoms with Crippen LogP contribution in [0.4, 0.5) is 9.18 Å². The van der Waals surface area contributed by atoms with Crippen LogP contribution in [0.1, 0.15) is 39.7 Å². The number of rotatable bonds is 2. The highest BCUT2D eigenvalue weighted by atomic mass is 19.1. The van der Waals surface area contributed by atoms with E-state index in [0.29, 0.717) is 18.7 Å². The minimum atomic E-state index is -0.483. The van der Waals surface area contributed by atoms with Crippen molar-refractivity contribution in [3.63, 3.8) is 0 Å². The molecule has 2 aromatic carbocycles. The van der Waals surface area contributed by atoms with Gasteiger partial charge in [-0.2, -0.15) is 5.10 Å². The zero-order chi connectivity index (χ0) is 20.6. The number of likely N-dealkylation sites (tertiary alicyclic amines) is 1. The Morgan fingerprint density at radius 1 is 1.14 bits per heavy atom. The third-order valence-electron chi connectivity index (χ3n) is 5.20. The van der Waals surface area contributed by atoms with Crippen LogP contribution in [-0.4, -0.2) is 39.5 Å². The molecule has 0 atom stereocenters. The Morgan fingerprint density at radius 2 is 1.86 bits per heavy atom. The van der Waals surface area contributed by atoms with Crippen molar-refractivity contribution in [1.29, 1.82) is 0 Å². The van der Waals surface area contributed by atoms with Crippen LogP contribution in [-0.2, 0) is 4.74 Å². The third kappa shape index (κ3) is 4.26. The van der Waals surface area contributed by atoms with Gasteiger partial charge in [-0.1, -0.05) is 30.3 Å². The van der Waals surface area contributed by atoms with Gasteiger partial charge in [0.2, 0.25) is 0 Å². The van der Waals surface area contributed by atoms with Crippen molar-refractivity contribution in [1.82, 2.24) is 14.7 Å². The first-order valence-electron chi connectivity index (χ1n) is 10.0. The predicted octanol–water partition coefficient (Wildman–Crippen LogP) is 5.41. The maximum Gasteiger partial charge on any atom is 0.410 e. The number of fused-ring (bicyclic) bond motifs is 1. The van der Waals surface area contributed by atoms with Crippen LogP contribution < -0.4 is 0 Å². The molecule has 0 aliphatic carbocycles. The molecule has 0 spiro atoms. The molecule has 0 radical (unpaired) electrons. The van der Waals surface area contributed by atoms with Gasteiger partial charge in [-0.25, -0.2) is 9.18 Å². The van der Waals surface area contributed by atoms with Gasteiger partial charge >= 0.3 is 6.09 Å². The van der Waals surface area contributed by atoms with Crippen molar-refractivity contribution in [3.05, 3.63) is 54.5 Å². The first kappa shape index (κ1) is 19.4. The third-order valence-corrected chi connectivity index (χ3v) is 5.20. The number of ether oxygens (including phenoxy) is 1. The van der Waals surface area contributed by atoms with Crippen molar-refractivity contribution in [2.24, 2.45) is 0 Å². The van der Waals surface area contributed by atoms with Crippen molar-refractivity contribution >= 4 is 17.0 Å². The highest BCUT2D eigenvalue weighted by Crippen LogP contribution is 2.29. The maximum atomic E-state index is 14.1. The summed E-state index contributed by atoms with van der Waals surface area (Å²) < 4.78 is 21.6. The lowest BCUT2D eigenvalue weighted by molar-refractivity contribution is 0.0185. The SMILES string of the molecule is CC(C)(C)OC(=O)N1CCC(n2cc3ccc(-c4ccccc4F)cc3n2)CC1. The molecule has 4 rings (SSSR count). The first-order chi connectivity index (χ1) is 13.8. The highest BCUT2D eigenvalue weighted by Gasteiger charge is 2.28. The van der Waals surface area contributed by atoms with Crippen LogP contribution in [0.15, 0.2) is 48.7 Å². The van der Waals surface area contributed by atoms with Gasteiger partial charge in [-0.05, 0) is 51.3 Å². The molecule has 5 nitrogen and oxygen atoms in total. The van der Waals surface area contributed by atoms with Gasteiger partial charge < -0.3 is 9.64 Å². The molecule has 152 valence electrons. The van der Waals surface area contributed by atoms with Crippen molar-refractivity contribution in [2.75, 3.05) is 13.1 Å². The number of hydrogen-bond donors (Lipinski definition) is 0. The number of carbonyl (C=O) groups excluding carboxylic acids is 1. The fourth-order valence-corrected chi connectivity index (χ4v) is 3.72. The Labute approximate surface area is 170 Å². The number of piperidine rings is 1. The van der Waals surface area contributed by atoms with Gasteiger partial charge in [-0.3, -0.25) is 4.68 Å². The van der Waals surface area contributed by atoms with Gasteiger partial charge in [0.05, 0.1) is 11.6 Å². The Bertz CT molecular complexity index is 1030. The molecule has 29 heavy (non-hydrogen) atoms. The lowest BCUT2D eigenvalue weighted by Gasteiger charge is -2.33. The van der Waals surface area contributed by atoms with E-state index in [9.17, 15) is 9.18 Å². The van der Waals surface area contributed by atoms with Crippen LogP contribution in [0.5, 0.6) is 0 Å². The summed E-state index contributed by atoms with van der Waals surface area (Å²) in [7, 11) is 0. The zero-order valence-electron chi connectivity index (χ0n) is 17.1. The molecule has 1 amide bonds. The number of nitrogens with zero attached hydrogens (tertiary/aromatic N) is 3. The molecule has 1 aliphatic rings. The van der Waals surface area contributed by atoms with E-state index < -0.39 is 5.60 Å². The predicted molar refractivity (Wildman–Crippen MR) is 111 cm³/mol. The lowest BCUT2D eigenvalue weighted by Crippen LogP contribution is -2.42. The van der Waals surface area contributed by atoms with Gasteiger partial charge in [0.1, 0.15) is 11.4 Å². The number of halogens is 1. The largest absolute Gasteiger partial charge is 0.444 e. The molecule has 3 aromatic rings. The molecule has 0 bridgehead atoms. The smallest absolute Gasteiger partial charge is 0.410 e. The summed E-state index contributed by atoms with van der Waals surface area (Å²) in [5.41, 5.74) is 1.76. The number of hydrogen-bond acceptors (Lipinski definition) is 3. The Hall–Kier alpha value is -2.89. The molecule has 2 heterocycles. The van der Waals surface area contributed by atoms with Crippen LogP contribution in [0.3, 0.4) is 0 Å². The molecular formula is C23H26FN3O2. The Kier molecular flexibility index (Phi) is 5.03. The normalized spacial score (nSPS) is 15.7. The summed E-state index contributed by atoms with van der Waals surface area (Å²) in [5, 5.41) is 5.77. The van der Waals surface area contributed by atoms with E-state index in [0.717, 1.165) is 29.3 Å². The van der Waals surface area contributed by atoms with E-state index in [1.165, 1.54) is 6.07 Å². The fourth-order valence-electron chi connectivity index (χ4n) is 3.72. The fraction of sp³-hybridized carbons (Fsp3) is 0.391. The van der Waals surface area contributed by atoms with Crippen LogP contribution in [0, 0.1) is 5.82 Å². The Balaban J connectivity index is 1.48. The van der Waals surface area contributed by atoms with E-state index in [1.807, 2.05) is 55.9 Å². The average molecular weight is 395 g/mol. The van der Waals surface area contributed by atoms with Crippen molar-refractivity contribution in [3.8, 4) is 11.1 Å². The van der Waals surface area contributed by atoms with E-state index in [2.05, 4.69) is 0 Å². The summed E-state index contributed by atoms with van der Waals surface area (Å²) in [6, 6.07) is 12.8. The quantitative estimate of drug-likeness (QED) is 0.582. The molecule has 1 fully saturated rings. The molecular weight excluding hydrogens is 369 g/mol. The average Bonchev–Trinajstić information content (AvgIpc) is 3.10. The molecule has 1 aliphatic heterocycles. The van der Waals surface area contributed by atoms with Crippen molar-refractivity contribution in [2.45, 2.75) is 45.3 Å². The van der Waals surface area contributed by atoms with Crippen molar-refractivity contribution < 1.29 is 13.9 Å². The topological polar surface area (TPSA) is 47.4 Å². The summed E-state index contributed by atoms with van der Waals surface area (Å²) in [4.78, 5) is 14.0. The van der Waals surface area contributed by atoms with E-state index in [-0.39, 0.29) is 18.0 Å².